The molecule has 4 aromatic rings. The lowest BCUT2D eigenvalue weighted by Gasteiger charge is -2.13. The predicted octanol–water partition coefficient (Wildman–Crippen LogP) is 3.65. The molecule has 9 nitrogen and oxygen atoms in total. The molecule has 0 unspecified atom stereocenters. The van der Waals surface area contributed by atoms with E-state index in [1.54, 1.807) is 82.0 Å². The van der Waals surface area contributed by atoms with Crippen LogP contribution in [0.2, 0.25) is 0 Å². The molecule has 0 fully saturated rings. The summed E-state index contributed by atoms with van der Waals surface area (Å²) in [5.74, 6) is 1.52. The van der Waals surface area contributed by atoms with Crippen LogP contribution in [0.1, 0.15) is 5.56 Å². The smallest absolute Gasteiger partial charge is 0.266 e. The van der Waals surface area contributed by atoms with Gasteiger partial charge in [0.25, 0.3) is 11.5 Å². The molecular formula is C26H24N4O5S. The highest BCUT2D eigenvalue weighted by atomic mass is 32.2. The SMILES string of the molecule is COc1ccc(-n2c(SCC(=O)N/N=C\c3ccc(OC)cc3OC)nc3ccccc3c2=O)cc1. The molecule has 0 aliphatic heterocycles. The monoisotopic (exact) mass is 504 g/mol. The Bertz CT molecular complexity index is 1470. The molecule has 0 radical (unpaired) electrons. The Balaban J connectivity index is 1.54. The zero-order chi connectivity index (χ0) is 25.5. The largest absolute Gasteiger partial charge is 0.497 e. The second-order valence-electron chi connectivity index (χ2n) is 7.44. The number of hydrazone groups is 1. The van der Waals surface area contributed by atoms with E-state index in [1.165, 1.54) is 10.8 Å². The van der Waals surface area contributed by atoms with E-state index >= 15 is 0 Å². The van der Waals surface area contributed by atoms with E-state index < -0.39 is 0 Å². The van der Waals surface area contributed by atoms with E-state index in [-0.39, 0.29) is 17.2 Å². The van der Waals surface area contributed by atoms with Gasteiger partial charge in [0.1, 0.15) is 17.2 Å². The third kappa shape index (κ3) is 5.49. The number of nitrogens with zero attached hydrogens (tertiary/aromatic N) is 3. The van der Waals surface area contributed by atoms with Crippen molar-refractivity contribution in [3.05, 3.63) is 82.6 Å². The molecule has 10 heteroatoms. The minimum atomic E-state index is -0.354. The van der Waals surface area contributed by atoms with Gasteiger partial charge in [-0.15, -0.1) is 0 Å². The lowest BCUT2D eigenvalue weighted by atomic mass is 10.2. The van der Waals surface area contributed by atoms with Crippen molar-refractivity contribution in [2.45, 2.75) is 5.16 Å². The normalized spacial score (nSPS) is 11.0. The molecule has 1 N–H and O–H groups in total. The number of ether oxygens (including phenoxy) is 3. The molecule has 1 heterocycles. The third-order valence-corrected chi connectivity index (χ3v) is 6.18. The average molecular weight is 505 g/mol. The molecule has 0 atom stereocenters. The van der Waals surface area contributed by atoms with Gasteiger partial charge in [0.05, 0.1) is 49.9 Å². The molecule has 1 aromatic heterocycles. The average Bonchev–Trinajstić information content (AvgIpc) is 2.92. The number of thioether (sulfide) groups is 1. The van der Waals surface area contributed by atoms with E-state index in [9.17, 15) is 9.59 Å². The third-order valence-electron chi connectivity index (χ3n) is 5.24. The van der Waals surface area contributed by atoms with Crippen molar-refractivity contribution in [1.29, 1.82) is 0 Å². The number of rotatable bonds is 9. The quantitative estimate of drug-likeness (QED) is 0.161. The van der Waals surface area contributed by atoms with Crippen molar-refractivity contribution in [3.8, 4) is 22.9 Å². The summed E-state index contributed by atoms with van der Waals surface area (Å²) < 4.78 is 17.2. The number of carbonyl (C=O) groups excluding carboxylic acids is 1. The molecule has 0 aliphatic rings. The summed E-state index contributed by atoms with van der Waals surface area (Å²) in [5.41, 5.74) is 4.12. The van der Waals surface area contributed by atoms with Crippen LogP contribution in [0.3, 0.4) is 0 Å². The van der Waals surface area contributed by atoms with Gasteiger partial charge < -0.3 is 14.2 Å². The van der Waals surface area contributed by atoms with Crippen molar-refractivity contribution in [3.63, 3.8) is 0 Å². The number of benzene rings is 3. The first-order chi connectivity index (χ1) is 17.5. The molecule has 36 heavy (non-hydrogen) atoms. The van der Waals surface area contributed by atoms with Crippen LogP contribution in [0.5, 0.6) is 17.2 Å². The summed E-state index contributed by atoms with van der Waals surface area (Å²) >= 11 is 1.14. The van der Waals surface area contributed by atoms with E-state index in [0.29, 0.717) is 44.6 Å². The van der Waals surface area contributed by atoms with Crippen molar-refractivity contribution in [2.75, 3.05) is 27.1 Å². The fraction of sp³-hybridized carbons (Fsp3) is 0.154. The number of aromatic nitrogens is 2. The molecule has 0 aliphatic carbocycles. The number of nitrogens with one attached hydrogen (secondary N) is 1. The van der Waals surface area contributed by atoms with Gasteiger partial charge in [-0.2, -0.15) is 5.10 Å². The Morgan fingerprint density at radius 1 is 1.00 bits per heavy atom. The zero-order valence-corrected chi connectivity index (χ0v) is 20.7. The first-order valence-corrected chi connectivity index (χ1v) is 11.9. The predicted molar refractivity (Wildman–Crippen MR) is 140 cm³/mol. The first-order valence-electron chi connectivity index (χ1n) is 10.9. The topological polar surface area (TPSA) is 104 Å². The van der Waals surface area contributed by atoms with E-state index in [0.717, 1.165) is 11.8 Å². The maximum absolute atomic E-state index is 13.3. The van der Waals surface area contributed by atoms with Crippen LogP contribution >= 0.6 is 11.8 Å². The number of amides is 1. The van der Waals surface area contributed by atoms with Crippen molar-refractivity contribution in [2.24, 2.45) is 5.10 Å². The van der Waals surface area contributed by atoms with Crippen molar-refractivity contribution < 1.29 is 19.0 Å². The van der Waals surface area contributed by atoms with Gasteiger partial charge in [-0.3, -0.25) is 14.2 Å². The minimum absolute atomic E-state index is 0.00196. The second-order valence-corrected chi connectivity index (χ2v) is 8.38. The summed E-state index contributed by atoms with van der Waals surface area (Å²) in [7, 11) is 4.69. The number of para-hydroxylation sites is 1. The van der Waals surface area contributed by atoms with Crippen LogP contribution in [0, 0.1) is 0 Å². The van der Waals surface area contributed by atoms with Crippen LogP contribution in [0.25, 0.3) is 16.6 Å². The first kappa shape index (κ1) is 24.8. The van der Waals surface area contributed by atoms with Gasteiger partial charge in [0.2, 0.25) is 0 Å². The summed E-state index contributed by atoms with van der Waals surface area (Å²) in [4.78, 5) is 30.5. The van der Waals surface area contributed by atoms with Crippen molar-refractivity contribution in [1.82, 2.24) is 15.0 Å². The Kier molecular flexibility index (Phi) is 7.86. The molecule has 1 amide bonds. The maximum atomic E-state index is 13.3. The fourth-order valence-electron chi connectivity index (χ4n) is 3.43. The molecule has 0 spiro atoms. The Labute approximate surface area is 211 Å². The number of methoxy groups -OCH3 is 3. The van der Waals surface area contributed by atoms with Crippen molar-refractivity contribution >= 4 is 34.8 Å². The van der Waals surface area contributed by atoms with Gasteiger partial charge >= 0.3 is 0 Å². The Morgan fingerprint density at radius 3 is 2.44 bits per heavy atom. The highest BCUT2D eigenvalue weighted by molar-refractivity contribution is 7.99. The van der Waals surface area contributed by atoms with E-state index in [1.807, 2.05) is 6.07 Å². The van der Waals surface area contributed by atoms with Crippen LogP contribution in [0.4, 0.5) is 0 Å². The number of hydrogen-bond donors (Lipinski definition) is 1. The van der Waals surface area contributed by atoms with Gasteiger partial charge in [0.15, 0.2) is 5.16 Å². The summed E-state index contributed by atoms with van der Waals surface area (Å²) in [6.07, 6.45) is 1.49. The molecule has 184 valence electrons. The Morgan fingerprint density at radius 2 is 1.72 bits per heavy atom. The van der Waals surface area contributed by atoms with E-state index in [4.69, 9.17) is 14.2 Å². The molecular weight excluding hydrogens is 480 g/mol. The van der Waals surface area contributed by atoms with Crippen LogP contribution < -0.4 is 25.2 Å². The number of carbonyl (C=O) groups is 1. The molecule has 0 saturated carbocycles. The molecule has 4 rings (SSSR count). The second kappa shape index (κ2) is 11.4. The summed E-state index contributed by atoms with van der Waals surface area (Å²) in [5, 5.41) is 4.90. The van der Waals surface area contributed by atoms with E-state index in [2.05, 4.69) is 15.5 Å². The minimum Gasteiger partial charge on any atom is -0.497 e. The number of hydrogen-bond acceptors (Lipinski definition) is 8. The van der Waals surface area contributed by atoms with Gasteiger partial charge in [-0.05, 0) is 48.5 Å². The Hall–Kier alpha value is -4.31. The zero-order valence-electron chi connectivity index (χ0n) is 19.9. The van der Waals surface area contributed by atoms with Crippen LogP contribution in [-0.4, -0.2) is 48.8 Å². The fourth-order valence-corrected chi connectivity index (χ4v) is 4.23. The highest BCUT2D eigenvalue weighted by Gasteiger charge is 2.15. The summed E-state index contributed by atoms with van der Waals surface area (Å²) in [6, 6.07) is 19.4. The summed E-state index contributed by atoms with van der Waals surface area (Å²) in [6.45, 7) is 0. The lowest BCUT2D eigenvalue weighted by molar-refractivity contribution is -0.118. The van der Waals surface area contributed by atoms with Gasteiger partial charge in [-0.25, -0.2) is 10.4 Å². The van der Waals surface area contributed by atoms with Crippen LogP contribution in [0.15, 0.2) is 81.8 Å². The lowest BCUT2D eigenvalue weighted by Crippen LogP contribution is -2.24. The van der Waals surface area contributed by atoms with Gasteiger partial charge in [-0.1, -0.05) is 23.9 Å². The maximum Gasteiger partial charge on any atom is 0.266 e. The van der Waals surface area contributed by atoms with Crippen LogP contribution in [-0.2, 0) is 4.79 Å². The standard InChI is InChI=1S/C26H24N4O5S/c1-33-19-12-9-18(10-13-19)30-25(32)21-6-4-5-7-22(21)28-26(30)36-16-24(31)29-27-15-17-8-11-20(34-2)14-23(17)35-3/h4-15H,16H2,1-3H3,(H,29,31)/b27-15-. The van der Waals surface area contributed by atoms with Gasteiger partial charge in [0, 0.05) is 11.6 Å². The molecule has 0 saturated heterocycles. The highest BCUT2D eigenvalue weighted by Crippen LogP contribution is 2.24. The number of fused-ring (bicyclic) bond motifs is 1. The molecule has 0 bridgehead atoms. The molecule has 3 aromatic carbocycles.